The fraction of sp³-hybridized carbons (Fsp3) is 0.643. The minimum atomic E-state index is 0.113. The summed E-state index contributed by atoms with van der Waals surface area (Å²) in [7, 11) is 0. The SMILES string of the molecule is O=C(NCC[C@H]1CCCN1)c1cc2c(s1)CCSC2. The third-order valence-corrected chi connectivity index (χ3v) is 6.04. The molecule has 19 heavy (non-hydrogen) atoms. The standard InChI is InChI=1S/C14H20N2OS2/c17-14(16-6-3-11-2-1-5-15-11)13-8-10-9-18-7-4-12(10)19-13/h8,11,15H,1-7,9H2,(H,16,17)/t11-/m1/s1. The van der Waals surface area contributed by atoms with Crippen molar-refractivity contribution in [2.24, 2.45) is 0 Å². The van der Waals surface area contributed by atoms with Crippen LogP contribution in [-0.4, -0.2) is 30.8 Å². The molecule has 0 aliphatic carbocycles. The molecule has 1 aromatic heterocycles. The van der Waals surface area contributed by atoms with Crippen LogP contribution in [0.5, 0.6) is 0 Å². The molecule has 1 aromatic rings. The minimum absolute atomic E-state index is 0.113. The smallest absolute Gasteiger partial charge is 0.261 e. The van der Waals surface area contributed by atoms with Crippen molar-refractivity contribution in [3.05, 3.63) is 21.4 Å². The van der Waals surface area contributed by atoms with Crippen LogP contribution in [0, 0.1) is 0 Å². The number of thiophene rings is 1. The second kappa shape index (κ2) is 6.29. The first-order chi connectivity index (χ1) is 9.33. The molecule has 0 saturated carbocycles. The number of carbonyl (C=O) groups excluding carboxylic acids is 1. The van der Waals surface area contributed by atoms with E-state index >= 15 is 0 Å². The van der Waals surface area contributed by atoms with Crippen molar-refractivity contribution in [1.29, 1.82) is 0 Å². The summed E-state index contributed by atoms with van der Waals surface area (Å²) < 4.78 is 0. The number of hydrogen-bond donors (Lipinski definition) is 2. The number of fused-ring (bicyclic) bond motifs is 1. The molecule has 2 aliphatic rings. The molecule has 0 spiro atoms. The van der Waals surface area contributed by atoms with E-state index in [-0.39, 0.29) is 5.91 Å². The fourth-order valence-electron chi connectivity index (χ4n) is 2.71. The van der Waals surface area contributed by atoms with E-state index in [0.717, 1.165) is 36.6 Å². The van der Waals surface area contributed by atoms with E-state index < -0.39 is 0 Å². The monoisotopic (exact) mass is 296 g/mol. The Morgan fingerprint density at radius 3 is 3.26 bits per heavy atom. The van der Waals surface area contributed by atoms with E-state index in [2.05, 4.69) is 16.7 Å². The van der Waals surface area contributed by atoms with Crippen LogP contribution in [0.25, 0.3) is 0 Å². The minimum Gasteiger partial charge on any atom is -0.351 e. The van der Waals surface area contributed by atoms with Crippen molar-refractivity contribution in [2.45, 2.75) is 37.5 Å². The number of carbonyl (C=O) groups is 1. The second-order valence-corrected chi connectivity index (χ2v) is 7.44. The zero-order valence-electron chi connectivity index (χ0n) is 11.0. The van der Waals surface area contributed by atoms with Gasteiger partial charge in [-0.1, -0.05) is 0 Å². The lowest BCUT2D eigenvalue weighted by atomic mass is 10.1. The largest absolute Gasteiger partial charge is 0.351 e. The number of rotatable bonds is 4. The van der Waals surface area contributed by atoms with Gasteiger partial charge in [0.25, 0.3) is 5.91 Å². The molecule has 3 rings (SSSR count). The van der Waals surface area contributed by atoms with Crippen molar-refractivity contribution >= 4 is 29.0 Å². The summed E-state index contributed by atoms with van der Waals surface area (Å²) in [6.07, 6.45) is 4.70. The van der Waals surface area contributed by atoms with Gasteiger partial charge in [0.05, 0.1) is 4.88 Å². The average Bonchev–Trinajstić information content (AvgIpc) is 3.07. The van der Waals surface area contributed by atoms with Crippen LogP contribution in [0.3, 0.4) is 0 Å². The van der Waals surface area contributed by atoms with E-state index in [1.807, 2.05) is 11.8 Å². The maximum Gasteiger partial charge on any atom is 0.261 e. The number of aryl methyl sites for hydroxylation is 1. The van der Waals surface area contributed by atoms with Gasteiger partial charge in [0.1, 0.15) is 0 Å². The highest BCUT2D eigenvalue weighted by Crippen LogP contribution is 2.31. The summed E-state index contributed by atoms with van der Waals surface area (Å²) in [5.74, 6) is 2.38. The Morgan fingerprint density at radius 2 is 2.47 bits per heavy atom. The first kappa shape index (κ1) is 13.5. The van der Waals surface area contributed by atoms with Gasteiger partial charge in [-0.2, -0.15) is 11.8 Å². The molecule has 1 saturated heterocycles. The number of amides is 1. The third-order valence-electron chi connectivity index (χ3n) is 3.79. The third kappa shape index (κ3) is 3.33. The van der Waals surface area contributed by atoms with Gasteiger partial charge in [0.2, 0.25) is 0 Å². The van der Waals surface area contributed by atoms with Crippen molar-refractivity contribution < 1.29 is 4.79 Å². The molecule has 0 unspecified atom stereocenters. The van der Waals surface area contributed by atoms with E-state index in [0.29, 0.717) is 6.04 Å². The Morgan fingerprint density at radius 1 is 1.53 bits per heavy atom. The van der Waals surface area contributed by atoms with Crippen molar-refractivity contribution in [3.63, 3.8) is 0 Å². The molecule has 0 radical (unpaired) electrons. The summed E-state index contributed by atoms with van der Waals surface area (Å²) >= 11 is 3.65. The second-order valence-electron chi connectivity index (χ2n) is 5.20. The molecule has 2 N–H and O–H groups in total. The number of nitrogens with one attached hydrogen (secondary N) is 2. The molecule has 2 aliphatic heterocycles. The molecule has 3 heterocycles. The number of thioether (sulfide) groups is 1. The predicted octanol–water partition coefficient (Wildman–Crippen LogP) is 2.41. The van der Waals surface area contributed by atoms with Gasteiger partial charge in [-0.3, -0.25) is 4.79 Å². The van der Waals surface area contributed by atoms with Crippen LogP contribution in [0.15, 0.2) is 6.07 Å². The zero-order chi connectivity index (χ0) is 13.1. The quantitative estimate of drug-likeness (QED) is 0.896. The molecule has 5 heteroatoms. The average molecular weight is 296 g/mol. The topological polar surface area (TPSA) is 41.1 Å². The highest BCUT2D eigenvalue weighted by Gasteiger charge is 2.18. The van der Waals surface area contributed by atoms with Crippen molar-refractivity contribution in [2.75, 3.05) is 18.8 Å². The molecular formula is C14H20N2OS2. The van der Waals surface area contributed by atoms with E-state index in [4.69, 9.17) is 0 Å². The molecular weight excluding hydrogens is 276 g/mol. The molecule has 1 amide bonds. The Kier molecular flexibility index (Phi) is 4.45. The lowest BCUT2D eigenvalue weighted by Crippen LogP contribution is -2.30. The lowest BCUT2D eigenvalue weighted by Gasteiger charge is -2.10. The van der Waals surface area contributed by atoms with E-state index in [1.54, 1.807) is 11.3 Å². The van der Waals surface area contributed by atoms with Crippen LogP contribution in [0.1, 0.15) is 39.4 Å². The Hall–Kier alpha value is -0.520. The van der Waals surface area contributed by atoms with Gasteiger partial charge in [-0.05, 0) is 49.6 Å². The van der Waals surface area contributed by atoms with Crippen LogP contribution in [0.4, 0.5) is 0 Å². The first-order valence-electron chi connectivity index (χ1n) is 7.04. The van der Waals surface area contributed by atoms with Gasteiger partial charge in [0, 0.05) is 23.2 Å². The summed E-state index contributed by atoms with van der Waals surface area (Å²) in [5.41, 5.74) is 1.38. The Bertz CT molecular complexity index is 429. The first-order valence-corrected chi connectivity index (χ1v) is 9.01. The Labute approximate surface area is 122 Å². The van der Waals surface area contributed by atoms with Crippen LogP contribution in [0.2, 0.25) is 0 Å². The Balaban J connectivity index is 1.50. The van der Waals surface area contributed by atoms with Crippen LogP contribution < -0.4 is 10.6 Å². The summed E-state index contributed by atoms with van der Waals surface area (Å²) in [6, 6.07) is 2.70. The zero-order valence-corrected chi connectivity index (χ0v) is 12.7. The molecule has 3 nitrogen and oxygen atoms in total. The van der Waals surface area contributed by atoms with Crippen molar-refractivity contribution in [1.82, 2.24) is 10.6 Å². The van der Waals surface area contributed by atoms with Crippen LogP contribution in [-0.2, 0) is 12.2 Å². The van der Waals surface area contributed by atoms with Gasteiger partial charge in [-0.15, -0.1) is 11.3 Å². The highest BCUT2D eigenvalue weighted by molar-refractivity contribution is 7.98. The summed E-state index contributed by atoms with van der Waals surface area (Å²) in [5, 5.41) is 6.52. The molecule has 104 valence electrons. The molecule has 1 atom stereocenters. The summed E-state index contributed by atoms with van der Waals surface area (Å²) in [4.78, 5) is 14.4. The van der Waals surface area contributed by atoms with Crippen LogP contribution >= 0.6 is 23.1 Å². The maximum absolute atomic E-state index is 12.1. The lowest BCUT2D eigenvalue weighted by molar-refractivity contribution is 0.0956. The van der Waals surface area contributed by atoms with E-state index in [1.165, 1.54) is 29.0 Å². The number of hydrogen-bond acceptors (Lipinski definition) is 4. The molecule has 1 fully saturated rings. The van der Waals surface area contributed by atoms with Gasteiger partial charge in [0.15, 0.2) is 0 Å². The molecule has 0 bridgehead atoms. The highest BCUT2D eigenvalue weighted by atomic mass is 32.2. The van der Waals surface area contributed by atoms with Gasteiger partial charge >= 0.3 is 0 Å². The van der Waals surface area contributed by atoms with Crippen molar-refractivity contribution in [3.8, 4) is 0 Å². The van der Waals surface area contributed by atoms with Gasteiger partial charge in [-0.25, -0.2) is 0 Å². The summed E-state index contributed by atoms with van der Waals surface area (Å²) in [6.45, 7) is 1.92. The predicted molar refractivity (Wildman–Crippen MR) is 82.2 cm³/mol. The fourth-order valence-corrected chi connectivity index (χ4v) is 5.00. The molecule has 0 aromatic carbocycles. The van der Waals surface area contributed by atoms with E-state index in [9.17, 15) is 4.79 Å². The maximum atomic E-state index is 12.1. The van der Waals surface area contributed by atoms with Gasteiger partial charge < -0.3 is 10.6 Å². The normalized spacial score (nSPS) is 22.2.